The Bertz CT molecular complexity index is 1080. The molecule has 0 fully saturated rings. The Balaban J connectivity index is 1.72. The van der Waals surface area contributed by atoms with Gasteiger partial charge in [0, 0.05) is 24.3 Å². The fourth-order valence-electron chi connectivity index (χ4n) is 4.22. The van der Waals surface area contributed by atoms with Crippen LogP contribution < -0.4 is 10.2 Å². The molecule has 0 saturated carbocycles. The van der Waals surface area contributed by atoms with Gasteiger partial charge in [-0.15, -0.1) is 0 Å². The summed E-state index contributed by atoms with van der Waals surface area (Å²) < 4.78 is 39.1. The molecule has 1 aliphatic heterocycles. The standard InChI is InChI=1S/C26H25F3N2O/c1-2-25(32)30-21-16-23-19(15-18-7-4-3-5-8-18)9-6-10-24(23)31(17-21)22-13-11-20(12-14-22)26(27,28)29/h3-14,21H,2,15-17H2,1H3,(H,30,32). The number of rotatable bonds is 5. The van der Waals surface area contributed by atoms with Crippen molar-refractivity contribution in [2.45, 2.75) is 38.4 Å². The van der Waals surface area contributed by atoms with Gasteiger partial charge in [-0.25, -0.2) is 0 Å². The zero-order valence-corrected chi connectivity index (χ0v) is 17.8. The molecule has 0 spiro atoms. The van der Waals surface area contributed by atoms with E-state index in [1.54, 1.807) is 6.92 Å². The fourth-order valence-corrected chi connectivity index (χ4v) is 4.22. The quantitative estimate of drug-likeness (QED) is 0.539. The minimum absolute atomic E-state index is 0.0358. The lowest BCUT2D eigenvalue weighted by Gasteiger charge is -2.37. The van der Waals surface area contributed by atoms with E-state index in [1.807, 2.05) is 35.2 Å². The Morgan fingerprint density at radius 2 is 1.72 bits per heavy atom. The first-order chi connectivity index (χ1) is 15.3. The lowest BCUT2D eigenvalue weighted by molar-refractivity contribution is -0.137. The van der Waals surface area contributed by atoms with Crippen LogP contribution in [-0.4, -0.2) is 18.5 Å². The van der Waals surface area contributed by atoms with E-state index in [0.29, 0.717) is 25.1 Å². The minimum atomic E-state index is -4.38. The number of anilines is 2. The monoisotopic (exact) mass is 438 g/mol. The van der Waals surface area contributed by atoms with Crippen molar-refractivity contribution in [3.05, 3.63) is 95.1 Å². The Hall–Kier alpha value is -3.28. The second-order valence-corrected chi connectivity index (χ2v) is 8.05. The van der Waals surface area contributed by atoms with Gasteiger partial charge in [-0.2, -0.15) is 13.2 Å². The first-order valence-corrected chi connectivity index (χ1v) is 10.7. The van der Waals surface area contributed by atoms with Gasteiger partial charge in [0.05, 0.1) is 11.6 Å². The van der Waals surface area contributed by atoms with Crippen LogP contribution in [0.3, 0.4) is 0 Å². The van der Waals surface area contributed by atoms with Crippen molar-refractivity contribution >= 4 is 17.3 Å². The SMILES string of the molecule is CCC(=O)NC1Cc2c(Cc3ccccc3)cccc2N(c2ccc(C(F)(F)F)cc2)C1. The van der Waals surface area contributed by atoms with E-state index in [9.17, 15) is 18.0 Å². The summed E-state index contributed by atoms with van der Waals surface area (Å²) in [5, 5.41) is 3.08. The number of fused-ring (bicyclic) bond motifs is 1. The molecule has 0 aromatic heterocycles. The van der Waals surface area contributed by atoms with Crippen LogP contribution in [0.15, 0.2) is 72.8 Å². The molecular weight excluding hydrogens is 413 g/mol. The maximum absolute atomic E-state index is 13.0. The van der Waals surface area contributed by atoms with Crippen LogP contribution in [0.5, 0.6) is 0 Å². The highest BCUT2D eigenvalue weighted by Gasteiger charge is 2.31. The zero-order chi connectivity index (χ0) is 22.7. The van der Waals surface area contributed by atoms with Gasteiger partial charge in [0.2, 0.25) is 5.91 Å². The van der Waals surface area contributed by atoms with Crippen LogP contribution in [0.1, 0.15) is 35.6 Å². The van der Waals surface area contributed by atoms with E-state index >= 15 is 0 Å². The fraction of sp³-hybridized carbons (Fsp3) is 0.269. The van der Waals surface area contributed by atoms with Gasteiger partial charge in [0.15, 0.2) is 0 Å². The van der Waals surface area contributed by atoms with Crippen molar-refractivity contribution in [1.29, 1.82) is 0 Å². The molecule has 1 unspecified atom stereocenters. The van der Waals surface area contributed by atoms with Crippen molar-refractivity contribution in [3.63, 3.8) is 0 Å². The Kier molecular flexibility index (Phi) is 6.21. The lowest BCUT2D eigenvalue weighted by Crippen LogP contribution is -2.47. The van der Waals surface area contributed by atoms with Gasteiger partial charge in [-0.05, 0) is 59.9 Å². The van der Waals surface area contributed by atoms with Crippen molar-refractivity contribution in [1.82, 2.24) is 5.32 Å². The Morgan fingerprint density at radius 3 is 2.38 bits per heavy atom. The van der Waals surface area contributed by atoms with Gasteiger partial charge in [0.25, 0.3) is 0 Å². The van der Waals surface area contributed by atoms with Crippen molar-refractivity contribution in [2.24, 2.45) is 0 Å². The third-order valence-corrected chi connectivity index (χ3v) is 5.82. The molecule has 166 valence electrons. The number of halogens is 3. The largest absolute Gasteiger partial charge is 0.416 e. The second kappa shape index (κ2) is 9.07. The molecule has 0 saturated heterocycles. The summed E-state index contributed by atoms with van der Waals surface area (Å²) in [5.41, 5.74) is 4.42. The average molecular weight is 438 g/mol. The van der Waals surface area contributed by atoms with Crippen LogP contribution >= 0.6 is 0 Å². The number of hydrogen-bond acceptors (Lipinski definition) is 2. The highest BCUT2D eigenvalue weighted by molar-refractivity contribution is 5.77. The number of benzene rings is 3. The van der Waals surface area contributed by atoms with Gasteiger partial charge in [-0.3, -0.25) is 4.79 Å². The normalized spacial score (nSPS) is 15.9. The van der Waals surface area contributed by atoms with E-state index in [0.717, 1.165) is 35.4 Å². The zero-order valence-electron chi connectivity index (χ0n) is 17.8. The lowest BCUT2D eigenvalue weighted by atomic mass is 9.90. The van der Waals surface area contributed by atoms with E-state index in [2.05, 4.69) is 23.5 Å². The van der Waals surface area contributed by atoms with Crippen LogP contribution in [0.2, 0.25) is 0 Å². The summed E-state index contributed by atoms with van der Waals surface area (Å²) in [4.78, 5) is 14.1. The van der Waals surface area contributed by atoms with Crippen molar-refractivity contribution < 1.29 is 18.0 Å². The number of carbonyl (C=O) groups excluding carboxylic acids is 1. The summed E-state index contributed by atoms with van der Waals surface area (Å²) in [5.74, 6) is -0.0358. The van der Waals surface area contributed by atoms with E-state index < -0.39 is 11.7 Å². The van der Waals surface area contributed by atoms with Gasteiger partial charge in [-0.1, -0.05) is 49.4 Å². The third kappa shape index (κ3) is 4.79. The molecule has 1 amide bonds. The molecule has 3 aromatic rings. The van der Waals surface area contributed by atoms with Crippen LogP contribution in [-0.2, 0) is 23.8 Å². The maximum atomic E-state index is 13.0. The predicted molar refractivity (Wildman–Crippen MR) is 120 cm³/mol. The molecular formula is C26H25F3N2O. The highest BCUT2D eigenvalue weighted by atomic mass is 19.4. The molecule has 1 heterocycles. The smallest absolute Gasteiger partial charge is 0.351 e. The highest BCUT2D eigenvalue weighted by Crippen LogP contribution is 2.37. The van der Waals surface area contributed by atoms with E-state index in [-0.39, 0.29) is 11.9 Å². The number of nitrogens with one attached hydrogen (secondary N) is 1. The summed E-state index contributed by atoms with van der Waals surface area (Å²) in [6, 6.07) is 21.3. The molecule has 3 aromatic carbocycles. The summed E-state index contributed by atoms with van der Waals surface area (Å²) >= 11 is 0. The molecule has 3 nitrogen and oxygen atoms in total. The first kappa shape index (κ1) is 21.9. The van der Waals surface area contributed by atoms with Crippen LogP contribution in [0, 0.1) is 0 Å². The molecule has 0 aliphatic carbocycles. The maximum Gasteiger partial charge on any atom is 0.416 e. The molecule has 0 radical (unpaired) electrons. The van der Waals surface area contributed by atoms with Crippen LogP contribution in [0.4, 0.5) is 24.5 Å². The molecule has 32 heavy (non-hydrogen) atoms. The van der Waals surface area contributed by atoms with Crippen LogP contribution in [0.25, 0.3) is 0 Å². The Labute approximate surface area is 185 Å². The number of nitrogens with zero attached hydrogens (tertiary/aromatic N) is 1. The Morgan fingerprint density at radius 1 is 1.00 bits per heavy atom. The first-order valence-electron chi connectivity index (χ1n) is 10.7. The minimum Gasteiger partial charge on any atom is -0.351 e. The van der Waals surface area contributed by atoms with Gasteiger partial charge < -0.3 is 10.2 Å². The molecule has 1 atom stereocenters. The molecule has 4 rings (SSSR count). The topological polar surface area (TPSA) is 32.3 Å². The summed E-state index contributed by atoms with van der Waals surface area (Å²) in [6.45, 7) is 2.31. The summed E-state index contributed by atoms with van der Waals surface area (Å²) in [6.07, 6.45) is -2.56. The van der Waals surface area contributed by atoms with Crippen molar-refractivity contribution in [3.8, 4) is 0 Å². The third-order valence-electron chi connectivity index (χ3n) is 5.82. The van der Waals surface area contributed by atoms with E-state index in [1.165, 1.54) is 17.7 Å². The molecule has 0 bridgehead atoms. The number of carbonyl (C=O) groups is 1. The number of hydrogen-bond donors (Lipinski definition) is 1. The summed E-state index contributed by atoms with van der Waals surface area (Å²) in [7, 11) is 0. The van der Waals surface area contributed by atoms with Crippen molar-refractivity contribution in [2.75, 3.05) is 11.4 Å². The number of alkyl halides is 3. The molecule has 1 N–H and O–H groups in total. The van der Waals surface area contributed by atoms with Gasteiger partial charge >= 0.3 is 6.18 Å². The predicted octanol–water partition coefficient (Wildman–Crippen LogP) is 5.89. The molecule has 1 aliphatic rings. The second-order valence-electron chi connectivity index (χ2n) is 8.05. The molecule has 6 heteroatoms. The number of amides is 1. The average Bonchev–Trinajstić information content (AvgIpc) is 2.79. The van der Waals surface area contributed by atoms with Gasteiger partial charge in [0.1, 0.15) is 0 Å². The van der Waals surface area contributed by atoms with E-state index in [4.69, 9.17) is 0 Å².